The standard InChI is InChI=1S/C23H25ClF2N4O4/c24-14-3-1-2-12(8-14)19(31)22(34)30-16-4-5-17(23(25,26)10-16)18(30)21(33)29-15(11-27)9-13-6-7-28-20(13)32/h1-3,8,13,15-19,31H,4-7,9-10H2,(H,28,32)(H,29,33)/t13-,15+,16+,17+,18+,19+/m1/s1. The lowest BCUT2D eigenvalue weighted by Crippen LogP contribution is -2.69. The number of aliphatic hydroxyl groups excluding tert-OH is 1. The summed E-state index contributed by atoms with van der Waals surface area (Å²) < 4.78 is 29.6. The van der Waals surface area contributed by atoms with Crippen molar-refractivity contribution < 1.29 is 28.3 Å². The number of halogens is 3. The van der Waals surface area contributed by atoms with Gasteiger partial charge in [-0.1, -0.05) is 23.7 Å². The first-order valence-electron chi connectivity index (χ1n) is 11.2. The minimum Gasteiger partial charge on any atom is -0.378 e. The molecule has 1 aromatic rings. The maximum absolute atomic E-state index is 14.8. The normalized spacial score (nSPS) is 29.1. The van der Waals surface area contributed by atoms with E-state index >= 15 is 0 Å². The topological polar surface area (TPSA) is 123 Å². The van der Waals surface area contributed by atoms with Gasteiger partial charge in [-0.25, -0.2) is 8.78 Å². The molecule has 6 atom stereocenters. The van der Waals surface area contributed by atoms with Gasteiger partial charge in [-0.05, 0) is 43.4 Å². The van der Waals surface area contributed by atoms with Crippen LogP contribution in [-0.2, 0) is 14.4 Å². The van der Waals surface area contributed by atoms with Crippen LogP contribution in [0.3, 0.4) is 0 Å². The van der Waals surface area contributed by atoms with Crippen LogP contribution in [0.15, 0.2) is 24.3 Å². The molecule has 5 rings (SSSR count). The summed E-state index contributed by atoms with van der Waals surface area (Å²) in [7, 11) is 0. The number of fused-ring (bicyclic) bond motifs is 3. The third-order valence-corrected chi connectivity index (χ3v) is 7.25. The second-order valence-electron chi connectivity index (χ2n) is 9.15. The van der Waals surface area contributed by atoms with Gasteiger partial charge < -0.3 is 20.6 Å². The zero-order valence-corrected chi connectivity index (χ0v) is 19.0. The number of hydrogen-bond acceptors (Lipinski definition) is 5. The summed E-state index contributed by atoms with van der Waals surface area (Å²) in [6.45, 7) is 0.470. The maximum Gasteiger partial charge on any atom is 0.256 e. The summed E-state index contributed by atoms with van der Waals surface area (Å²) in [5.41, 5.74) is 0.187. The summed E-state index contributed by atoms with van der Waals surface area (Å²) in [6, 6.07) is 4.35. The fraction of sp³-hybridized carbons (Fsp3) is 0.565. The molecule has 182 valence electrons. The van der Waals surface area contributed by atoms with Crippen LogP contribution < -0.4 is 10.6 Å². The molecule has 4 aliphatic rings. The predicted octanol–water partition coefficient (Wildman–Crippen LogP) is 1.92. The molecular weight excluding hydrogens is 470 g/mol. The first kappa shape index (κ1) is 24.4. The van der Waals surface area contributed by atoms with Crippen LogP contribution in [0, 0.1) is 23.2 Å². The summed E-state index contributed by atoms with van der Waals surface area (Å²) in [6.07, 6.45) is -1.41. The lowest BCUT2D eigenvalue weighted by molar-refractivity contribution is -0.198. The number of alkyl halides is 2. The van der Waals surface area contributed by atoms with Crippen molar-refractivity contribution in [2.45, 2.75) is 62.3 Å². The highest BCUT2D eigenvalue weighted by atomic mass is 35.5. The fourth-order valence-corrected chi connectivity index (χ4v) is 5.54. The number of piperidine rings is 2. The van der Waals surface area contributed by atoms with Crippen LogP contribution in [0.4, 0.5) is 8.78 Å². The van der Waals surface area contributed by atoms with E-state index in [0.717, 1.165) is 4.90 Å². The minimum absolute atomic E-state index is 0.0368. The van der Waals surface area contributed by atoms with Gasteiger partial charge in [0.1, 0.15) is 12.1 Å². The molecule has 3 aliphatic heterocycles. The molecular formula is C23H25ClF2N4O4. The molecule has 2 bridgehead atoms. The lowest BCUT2D eigenvalue weighted by atomic mass is 9.71. The van der Waals surface area contributed by atoms with Crippen LogP contribution in [0.1, 0.15) is 43.8 Å². The van der Waals surface area contributed by atoms with E-state index < -0.39 is 60.2 Å². The number of carbonyl (C=O) groups is 3. The second kappa shape index (κ2) is 9.47. The van der Waals surface area contributed by atoms with E-state index in [4.69, 9.17) is 11.6 Å². The van der Waals surface area contributed by atoms with Crippen molar-refractivity contribution in [1.29, 1.82) is 5.26 Å². The Morgan fingerprint density at radius 2 is 2.12 bits per heavy atom. The number of aliphatic hydroxyl groups is 1. The Hall–Kier alpha value is -2.77. The van der Waals surface area contributed by atoms with Gasteiger partial charge >= 0.3 is 0 Å². The van der Waals surface area contributed by atoms with Crippen LogP contribution in [0.5, 0.6) is 0 Å². The van der Waals surface area contributed by atoms with E-state index in [1.54, 1.807) is 12.1 Å². The number of nitrogens with one attached hydrogen (secondary N) is 2. The predicted molar refractivity (Wildman–Crippen MR) is 116 cm³/mol. The van der Waals surface area contributed by atoms with E-state index in [2.05, 4.69) is 10.6 Å². The molecule has 1 aliphatic carbocycles. The van der Waals surface area contributed by atoms with Crippen LogP contribution in [-0.4, -0.2) is 58.3 Å². The van der Waals surface area contributed by atoms with Crippen LogP contribution in [0.25, 0.3) is 0 Å². The molecule has 0 unspecified atom stereocenters. The molecule has 8 nitrogen and oxygen atoms in total. The van der Waals surface area contributed by atoms with E-state index in [0.29, 0.717) is 13.0 Å². The quantitative estimate of drug-likeness (QED) is 0.557. The molecule has 3 heterocycles. The smallest absolute Gasteiger partial charge is 0.256 e. The van der Waals surface area contributed by atoms with Gasteiger partial charge in [0, 0.05) is 29.9 Å². The van der Waals surface area contributed by atoms with E-state index in [-0.39, 0.29) is 35.8 Å². The molecule has 0 aromatic heterocycles. The second-order valence-corrected chi connectivity index (χ2v) is 9.59. The maximum atomic E-state index is 14.8. The van der Waals surface area contributed by atoms with E-state index in [9.17, 15) is 33.5 Å². The third-order valence-electron chi connectivity index (χ3n) is 7.01. The average molecular weight is 495 g/mol. The van der Waals surface area contributed by atoms with Crippen molar-refractivity contribution in [3.63, 3.8) is 0 Å². The average Bonchev–Trinajstić information content (AvgIpc) is 3.20. The zero-order chi connectivity index (χ0) is 24.6. The van der Waals surface area contributed by atoms with E-state index in [1.165, 1.54) is 12.1 Å². The molecule has 1 saturated carbocycles. The first-order valence-corrected chi connectivity index (χ1v) is 11.6. The lowest BCUT2D eigenvalue weighted by Gasteiger charge is -2.54. The Balaban J connectivity index is 1.58. The van der Waals surface area contributed by atoms with Gasteiger partial charge in [-0.3, -0.25) is 14.4 Å². The Bertz CT molecular complexity index is 1030. The summed E-state index contributed by atoms with van der Waals surface area (Å²) in [5.74, 6) is -7.05. The molecule has 1 aromatic carbocycles. The van der Waals surface area contributed by atoms with Crippen molar-refractivity contribution in [3.05, 3.63) is 34.9 Å². The van der Waals surface area contributed by atoms with Crippen molar-refractivity contribution in [1.82, 2.24) is 15.5 Å². The highest BCUT2D eigenvalue weighted by Crippen LogP contribution is 2.49. The Morgan fingerprint density at radius 3 is 2.74 bits per heavy atom. The number of benzene rings is 1. The van der Waals surface area contributed by atoms with Crippen LogP contribution >= 0.6 is 11.6 Å². The molecule has 3 amide bonds. The summed E-state index contributed by atoms with van der Waals surface area (Å²) >= 11 is 5.95. The van der Waals surface area contributed by atoms with Gasteiger partial charge in [-0.2, -0.15) is 5.26 Å². The SMILES string of the molecule is N#C[C@H](C[C@H]1CCNC1=O)NC(=O)[C@@H]1[C@@H]2CC[C@@H](CC2(F)F)N1C(=O)[C@@H](O)c1cccc(Cl)c1. The number of carbonyl (C=O) groups excluding carboxylic acids is 3. The van der Waals surface area contributed by atoms with Crippen molar-refractivity contribution in [2.24, 2.45) is 11.8 Å². The highest BCUT2D eigenvalue weighted by Gasteiger charge is 2.61. The Labute approximate surface area is 200 Å². The molecule has 0 radical (unpaired) electrons. The molecule has 4 fully saturated rings. The van der Waals surface area contributed by atoms with Gasteiger partial charge in [0.05, 0.1) is 12.0 Å². The van der Waals surface area contributed by atoms with Gasteiger partial charge in [0.25, 0.3) is 11.8 Å². The van der Waals surface area contributed by atoms with E-state index in [1.807, 2.05) is 6.07 Å². The summed E-state index contributed by atoms with van der Waals surface area (Å²) in [5, 5.41) is 25.6. The number of amides is 3. The molecule has 3 N–H and O–H groups in total. The number of rotatable bonds is 6. The summed E-state index contributed by atoms with van der Waals surface area (Å²) in [4.78, 5) is 39.4. The van der Waals surface area contributed by atoms with Crippen molar-refractivity contribution in [3.8, 4) is 6.07 Å². The zero-order valence-electron chi connectivity index (χ0n) is 18.2. The largest absolute Gasteiger partial charge is 0.378 e. The fourth-order valence-electron chi connectivity index (χ4n) is 5.34. The number of nitrogens with zero attached hydrogens (tertiary/aromatic N) is 2. The minimum atomic E-state index is -3.17. The molecule has 11 heteroatoms. The first-order chi connectivity index (χ1) is 16.1. The van der Waals surface area contributed by atoms with Gasteiger partial charge in [0.2, 0.25) is 11.8 Å². The highest BCUT2D eigenvalue weighted by molar-refractivity contribution is 6.30. The van der Waals surface area contributed by atoms with Crippen molar-refractivity contribution in [2.75, 3.05) is 6.54 Å². The molecule has 0 spiro atoms. The van der Waals surface area contributed by atoms with Gasteiger partial charge in [0.15, 0.2) is 6.10 Å². The van der Waals surface area contributed by atoms with Crippen molar-refractivity contribution >= 4 is 29.3 Å². The third kappa shape index (κ3) is 4.59. The number of nitriles is 1. The Morgan fingerprint density at radius 1 is 1.35 bits per heavy atom. The van der Waals surface area contributed by atoms with Crippen LogP contribution in [0.2, 0.25) is 5.02 Å². The monoisotopic (exact) mass is 494 g/mol. The number of hydrogen-bond donors (Lipinski definition) is 3. The Kier molecular flexibility index (Phi) is 6.78. The molecule has 34 heavy (non-hydrogen) atoms. The molecule has 3 saturated heterocycles. The van der Waals surface area contributed by atoms with Gasteiger partial charge in [-0.15, -0.1) is 0 Å².